The van der Waals surface area contributed by atoms with E-state index >= 15 is 0 Å². The van der Waals surface area contributed by atoms with Gasteiger partial charge in [0.1, 0.15) is 18.9 Å². The van der Waals surface area contributed by atoms with Crippen LogP contribution in [0.2, 0.25) is 0 Å². The summed E-state index contributed by atoms with van der Waals surface area (Å²) in [6.45, 7) is 6.32. The molecule has 1 saturated heterocycles. The molecule has 0 saturated carbocycles. The van der Waals surface area contributed by atoms with E-state index in [1.54, 1.807) is 0 Å². The Kier molecular flexibility index (Phi) is 4.63. The number of carbonyl (C=O) groups excluding carboxylic acids is 2. The third kappa shape index (κ3) is 3.82. The van der Waals surface area contributed by atoms with Gasteiger partial charge in [0.2, 0.25) is 0 Å². The average molecular weight is 291 g/mol. The second-order valence-electron chi connectivity index (χ2n) is 6.22. The second kappa shape index (κ2) is 6.26. The summed E-state index contributed by atoms with van der Waals surface area (Å²) in [4.78, 5) is 24.7. The van der Waals surface area contributed by atoms with Gasteiger partial charge in [-0.25, -0.2) is 4.79 Å². The van der Waals surface area contributed by atoms with Gasteiger partial charge < -0.3 is 14.3 Å². The van der Waals surface area contributed by atoms with Crippen LogP contribution in [0.15, 0.2) is 30.3 Å². The summed E-state index contributed by atoms with van der Waals surface area (Å²) in [6.07, 6.45) is -0.777. The van der Waals surface area contributed by atoms with Crippen LogP contribution in [0.25, 0.3) is 0 Å². The minimum atomic E-state index is -0.585. The lowest BCUT2D eigenvalue weighted by Gasteiger charge is -2.32. The van der Waals surface area contributed by atoms with Crippen molar-refractivity contribution in [1.82, 2.24) is 4.90 Å². The highest BCUT2D eigenvalue weighted by Gasteiger charge is 2.43. The van der Waals surface area contributed by atoms with E-state index in [0.717, 1.165) is 11.8 Å². The first-order valence-electron chi connectivity index (χ1n) is 7.00. The number of amides is 1. The summed E-state index contributed by atoms with van der Waals surface area (Å²) in [6, 6.07) is 9.47. The molecule has 0 aromatic heterocycles. The molecule has 1 aliphatic rings. The van der Waals surface area contributed by atoms with Crippen LogP contribution < -0.4 is 0 Å². The van der Waals surface area contributed by atoms with Crippen LogP contribution in [0.1, 0.15) is 26.3 Å². The van der Waals surface area contributed by atoms with Gasteiger partial charge in [-0.3, -0.25) is 4.90 Å². The van der Waals surface area contributed by atoms with E-state index < -0.39 is 18.4 Å². The lowest BCUT2D eigenvalue weighted by atomic mass is 9.94. The molecular formula is C16H21NO4. The molecule has 2 unspecified atom stereocenters. The van der Waals surface area contributed by atoms with Gasteiger partial charge in [0.15, 0.2) is 6.29 Å². The summed E-state index contributed by atoms with van der Waals surface area (Å²) in [5, 5.41) is 0. The fourth-order valence-electron chi connectivity index (χ4n) is 2.29. The Morgan fingerprint density at radius 2 is 2.05 bits per heavy atom. The number of hydrogen-bond donors (Lipinski definition) is 0. The van der Waals surface area contributed by atoms with Gasteiger partial charge in [-0.05, 0) is 5.56 Å². The van der Waals surface area contributed by atoms with E-state index in [1.807, 2.05) is 51.1 Å². The maximum Gasteiger partial charge on any atom is 0.412 e. The van der Waals surface area contributed by atoms with Crippen molar-refractivity contribution in [3.8, 4) is 0 Å². The fraction of sp³-hybridized carbons (Fsp3) is 0.500. The van der Waals surface area contributed by atoms with Crippen molar-refractivity contribution in [2.45, 2.75) is 39.7 Å². The quantitative estimate of drug-likeness (QED) is 0.803. The van der Waals surface area contributed by atoms with Gasteiger partial charge in [-0.15, -0.1) is 0 Å². The monoisotopic (exact) mass is 291 g/mol. The van der Waals surface area contributed by atoms with Gasteiger partial charge in [0.05, 0.1) is 6.54 Å². The molecule has 114 valence electrons. The van der Waals surface area contributed by atoms with Gasteiger partial charge in [-0.1, -0.05) is 51.1 Å². The zero-order chi connectivity index (χ0) is 15.5. The van der Waals surface area contributed by atoms with Gasteiger partial charge in [0, 0.05) is 5.41 Å². The number of hydrogen-bond acceptors (Lipinski definition) is 4. The molecular weight excluding hydrogens is 270 g/mol. The lowest BCUT2D eigenvalue weighted by molar-refractivity contribution is -0.121. The third-order valence-electron chi connectivity index (χ3n) is 3.30. The average Bonchev–Trinajstić information content (AvgIpc) is 2.90. The molecule has 0 N–H and O–H groups in total. The minimum Gasteiger partial charge on any atom is -0.444 e. The maximum absolute atomic E-state index is 12.2. The Labute approximate surface area is 124 Å². The van der Waals surface area contributed by atoms with E-state index in [2.05, 4.69) is 0 Å². The second-order valence-corrected chi connectivity index (χ2v) is 6.22. The van der Waals surface area contributed by atoms with Crippen LogP contribution in [0, 0.1) is 5.41 Å². The van der Waals surface area contributed by atoms with Gasteiger partial charge >= 0.3 is 6.09 Å². The molecule has 0 aliphatic carbocycles. The Hall–Kier alpha value is -1.88. The molecule has 1 amide bonds. The number of carbonyl (C=O) groups is 2. The van der Waals surface area contributed by atoms with E-state index in [1.165, 1.54) is 4.90 Å². The van der Waals surface area contributed by atoms with E-state index in [4.69, 9.17) is 9.47 Å². The van der Waals surface area contributed by atoms with E-state index in [-0.39, 0.29) is 18.6 Å². The lowest BCUT2D eigenvalue weighted by Crippen LogP contribution is -2.44. The number of aldehydes is 1. The highest BCUT2D eigenvalue weighted by molar-refractivity contribution is 5.70. The minimum absolute atomic E-state index is 0.207. The molecule has 2 rings (SSSR count). The van der Waals surface area contributed by atoms with Crippen molar-refractivity contribution in [2.75, 3.05) is 6.54 Å². The van der Waals surface area contributed by atoms with Crippen LogP contribution >= 0.6 is 0 Å². The predicted molar refractivity (Wildman–Crippen MR) is 77.5 cm³/mol. The maximum atomic E-state index is 12.2. The van der Waals surface area contributed by atoms with Crippen molar-refractivity contribution in [1.29, 1.82) is 0 Å². The Morgan fingerprint density at radius 3 is 2.62 bits per heavy atom. The van der Waals surface area contributed by atoms with Crippen molar-refractivity contribution in [2.24, 2.45) is 5.41 Å². The van der Waals surface area contributed by atoms with Crippen molar-refractivity contribution < 1.29 is 19.1 Å². The molecule has 5 heteroatoms. The molecule has 1 aliphatic heterocycles. The standard InChI is InChI=1S/C16H21NO4/c1-16(2,3)14-17(9-13(10-18)21-14)15(19)20-11-12-7-5-4-6-8-12/h4-8,10,13-14H,9,11H2,1-3H3. The highest BCUT2D eigenvalue weighted by Crippen LogP contribution is 2.31. The largest absolute Gasteiger partial charge is 0.444 e. The summed E-state index contributed by atoms with van der Waals surface area (Å²) in [5.41, 5.74) is 0.633. The molecule has 1 heterocycles. The van der Waals surface area contributed by atoms with Crippen molar-refractivity contribution >= 4 is 12.4 Å². The molecule has 0 radical (unpaired) electrons. The van der Waals surface area contributed by atoms with E-state index in [9.17, 15) is 9.59 Å². The normalized spacial score (nSPS) is 22.1. The van der Waals surface area contributed by atoms with Gasteiger partial charge in [0.25, 0.3) is 0 Å². The first-order valence-corrected chi connectivity index (χ1v) is 7.00. The summed E-state index contributed by atoms with van der Waals surface area (Å²) < 4.78 is 10.9. The topological polar surface area (TPSA) is 55.8 Å². The molecule has 0 bridgehead atoms. The van der Waals surface area contributed by atoms with Crippen LogP contribution in [0.3, 0.4) is 0 Å². The number of ether oxygens (including phenoxy) is 2. The molecule has 5 nitrogen and oxygen atoms in total. The van der Waals surface area contributed by atoms with E-state index in [0.29, 0.717) is 0 Å². The Bertz CT molecular complexity index is 495. The molecule has 1 aromatic rings. The molecule has 1 fully saturated rings. The first-order chi connectivity index (χ1) is 9.91. The first kappa shape index (κ1) is 15.5. The Balaban J connectivity index is 2.01. The third-order valence-corrected chi connectivity index (χ3v) is 3.30. The molecule has 0 spiro atoms. The van der Waals surface area contributed by atoms with Crippen LogP contribution in [-0.2, 0) is 20.9 Å². The molecule has 1 aromatic carbocycles. The smallest absolute Gasteiger partial charge is 0.412 e. The zero-order valence-electron chi connectivity index (χ0n) is 12.6. The van der Waals surface area contributed by atoms with Crippen LogP contribution in [0.4, 0.5) is 4.79 Å². The van der Waals surface area contributed by atoms with Crippen molar-refractivity contribution in [3.05, 3.63) is 35.9 Å². The van der Waals surface area contributed by atoms with Crippen LogP contribution in [-0.4, -0.2) is 36.2 Å². The summed E-state index contributed by atoms with van der Waals surface area (Å²) in [5.74, 6) is 0. The zero-order valence-corrected chi connectivity index (χ0v) is 12.6. The highest BCUT2D eigenvalue weighted by atomic mass is 16.6. The predicted octanol–water partition coefficient (Wildman–Crippen LogP) is 2.60. The number of benzene rings is 1. The Morgan fingerprint density at radius 1 is 1.38 bits per heavy atom. The summed E-state index contributed by atoms with van der Waals surface area (Å²) in [7, 11) is 0. The fourth-order valence-corrected chi connectivity index (χ4v) is 2.29. The number of nitrogens with zero attached hydrogens (tertiary/aromatic N) is 1. The van der Waals surface area contributed by atoms with Gasteiger partial charge in [-0.2, -0.15) is 0 Å². The number of rotatable bonds is 3. The molecule has 21 heavy (non-hydrogen) atoms. The molecule has 2 atom stereocenters. The van der Waals surface area contributed by atoms with Crippen LogP contribution in [0.5, 0.6) is 0 Å². The van der Waals surface area contributed by atoms with Crippen molar-refractivity contribution in [3.63, 3.8) is 0 Å². The summed E-state index contributed by atoms with van der Waals surface area (Å²) >= 11 is 0. The SMILES string of the molecule is CC(C)(C)C1OC(C=O)CN1C(=O)OCc1ccccc1.